The molecule has 33 heavy (non-hydrogen) atoms. The predicted molar refractivity (Wildman–Crippen MR) is 137 cm³/mol. The van der Waals surface area contributed by atoms with E-state index in [9.17, 15) is 18.7 Å². The van der Waals surface area contributed by atoms with E-state index in [1.807, 2.05) is 6.92 Å². The molecule has 4 N–H and O–H groups in total. The molecule has 0 aliphatic carbocycles. The molecule has 0 bridgehead atoms. The van der Waals surface area contributed by atoms with E-state index in [0.29, 0.717) is 50.7 Å². The second-order valence-corrected chi connectivity index (χ2v) is 7.57. The molecule has 2 aromatic carbocycles. The van der Waals surface area contributed by atoms with Crippen LogP contribution < -0.4 is 20.9 Å². The average molecular weight is 573 g/mol. The van der Waals surface area contributed by atoms with Crippen LogP contribution in [0.5, 0.6) is 5.75 Å². The summed E-state index contributed by atoms with van der Waals surface area (Å²) in [5, 5.41) is 18.8. The number of carbonyl (C=O) groups excluding carboxylic acids is 1. The molecule has 0 aromatic heterocycles. The van der Waals surface area contributed by atoms with Gasteiger partial charge in [-0.15, -0.1) is 24.0 Å². The standard InChI is InChI=1S/C23H29F2N5O2.HI/c1-2-26-23(28-12-5-11-27-22(32)16-6-3-7-18(31)14-16)29-17-10-13-30(15-17)21-19(24)8-4-9-20(21)25;/h3-4,6-9,14,17,31H,2,5,10-13,15H2,1H3,(H,27,32)(H2,26,28,29);1H. The lowest BCUT2D eigenvalue weighted by Crippen LogP contribution is -2.44. The molecule has 0 radical (unpaired) electrons. The molecule has 3 rings (SSSR count). The number of hydrogen-bond acceptors (Lipinski definition) is 4. The normalized spacial score (nSPS) is 15.7. The summed E-state index contributed by atoms with van der Waals surface area (Å²) in [6.45, 7) is 4.61. The van der Waals surface area contributed by atoms with Crippen LogP contribution in [0, 0.1) is 11.6 Å². The predicted octanol–water partition coefficient (Wildman–Crippen LogP) is 3.24. The van der Waals surface area contributed by atoms with Gasteiger partial charge in [0.2, 0.25) is 0 Å². The van der Waals surface area contributed by atoms with Gasteiger partial charge in [-0.1, -0.05) is 12.1 Å². The highest BCUT2D eigenvalue weighted by Gasteiger charge is 2.27. The molecular weight excluding hydrogens is 543 g/mol. The van der Waals surface area contributed by atoms with Crippen LogP contribution in [0.2, 0.25) is 0 Å². The number of para-hydroxylation sites is 1. The summed E-state index contributed by atoms with van der Waals surface area (Å²) in [5.74, 6) is -0.682. The van der Waals surface area contributed by atoms with Crippen molar-refractivity contribution in [3.63, 3.8) is 0 Å². The van der Waals surface area contributed by atoms with E-state index in [1.165, 1.54) is 30.3 Å². The molecule has 1 unspecified atom stereocenters. The van der Waals surface area contributed by atoms with Crippen molar-refractivity contribution >= 4 is 41.5 Å². The van der Waals surface area contributed by atoms with Gasteiger partial charge in [0.1, 0.15) is 23.1 Å². The fourth-order valence-corrected chi connectivity index (χ4v) is 3.61. The van der Waals surface area contributed by atoms with E-state index in [2.05, 4.69) is 20.9 Å². The van der Waals surface area contributed by atoms with Crippen LogP contribution >= 0.6 is 24.0 Å². The Morgan fingerprint density at radius 2 is 1.91 bits per heavy atom. The van der Waals surface area contributed by atoms with Gasteiger partial charge in [0, 0.05) is 44.3 Å². The SMILES string of the molecule is CCNC(=NCCCNC(=O)c1cccc(O)c1)NC1CCN(c2c(F)cccc2F)C1.I. The molecule has 180 valence electrons. The van der Waals surface area contributed by atoms with Crippen LogP contribution in [0.4, 0.5) is 14.5 Å². The van der Waals surface area contributed by atoms with Crippen LogP contribution in [0.25, 0.3) is 0 Å². The topological polar surface area (TPSA) is 89.0 Å². The first-order chi connectivity index (χ1) is 15.5. The van der Waals surface area contributed by atoms with Gasteiger partial charge < -0.3 is 26.0 Å². The molecule has 1 aliphatic rings. The van der Waals surface area contributed by atoms with Crippen molar-refractivity contribution in [2.75, 3.05) is 37.6 Å². The number of nitrogens with zero attached hydrogens (tertiary/aromatic N) is 2. The third-order valence-electron chi connectivity index (χ3n) is 5.13. The minimum absolute atomic E-state index is 0. The smallest absolute Gasteiger partial charge is 0.251 e. The molecule has 1 heterocycles. The summed E-state index contributed by atoms with van der Waals surface area (Å²) in [6, 6.07) is 10.1. The zero-order valence-electron chi connectivity index (χ0n) is 18.5. The number of carbonyl (C=O) groups is 1. The van der Waals surface area contributed by atoms with Gasteiger partial charge in [0.05, 0.1) is 0 Å². The molecule has 0 saturated carbocycles. The van der Waals surface area contributed by atoms with E-state index in [1.54, 1.807) is 17.0 Å². The van der Waals surface area contributed by atoms with Crippen molar-refractivity contribution in [2.24, 2.45) is 4.99 Å². The van der Waals surface area contributed by atoms with Crippen LogP contribution in [0.3, 0.4) is 0 Å². The highest BCUT2D eigenvalue weighted by Crippen LogP contribution is 2.26. The third-order valence-corrected chi connectivity index (χ3v) is 5.13. The number of phenolic OH excluding ortho intramolecular Hbond substituents is 1. The maximum Gasteiger partial charge on any atom is 0.251 e. The zero-order chi connectivity index (χ0) is 22.9. The number of rotatable bonds is 8. The second kappa shape index (κ2) is 13.2. The Bertz CT molecular complexity index is 940. The highest BCUT2D eigenvalue weighted by atomic mass is 127. The molecule has 1 saturated heterocycles. The number of amides is 1. The average Bonchev–Trinajstić information content (AvgIpc) is 3.21. The molecule has 2 aromatic rings. The van der Waals surface area contributed by atoms with Gasteiger partial charge in [-0.3, -0.25) is 9.79 Å². The number of guanidine groups is 1. The lowest BCUT2D eigenvalue weighted by molar-refractivity contribution is 0.0953. The Labute approximate surface area is 209 Å². The maximum absolute atomic E-state index is 14.1. The Morgan fingerprint density at radius 3 is 2.61 bits per heavy atom. The Hall–Kier alpha value is -2.63. The Balaban J connectivity index is 0.00000385. The number of halogens is 3. The summed E-state index contributed by atoms with van der Waals surface area (Å²) in [5.41, 5.74) is 0.418. The summed E-state index contributed by atoms with van der Waals surface area (Å²) in [6.07, 6.45) is 1.37. The monoisotopic (exact) mass is 573 g/mol. The Morgan fingerprint density at radius 1 is 1.18 bits per heavy atom. The number of anilines is 1. The minimum Gasteiger partial charge on any atom is -0.508 e. The van der Waals surface area contributed by atoms with Gasteiger partial charge in [0.25, 0.3) is 5.91 Å². The van der Waals surface area contributed by atoms with Crippen LogP contribution in [-0.4, -0.2) is 55.7 Å². The Kier molecular flexibility index (Phi) is 10.6. The van der Waals surface area contributed by atoms with Crippen molar-refractivity contribution in [3.8, 4) is 5.75 Å². The molecular formula is C23H30F2IN5O2. The first-order valence-corrected chi connectivity index (χ1v) is 10.8. The summed E-state index contributed by atoms with van der Waals surface area (Å²) < 4.78 is 28.1. The lowest BCUT2D eigenvalue weighted by Gasteiger charge is -2.21. The molecule has 1 amide bonds. The zero-order valence-corrected chi connectivity index (χ0v) is 20.8. The fourth-order valence-electron chi connectivity index (χ4n) is 3.61. The van der Waals surface area contributed by atoms with Gasteiger partial charge in [-0.25, -0.2) is 8.78 Å². The van der Waals surface area contributed by atoms with Crippen molar-refractivity contribution in [2.45, 2.75) is 25.8 Å². The second-order valence-electron chi connectivity index (χ2n) is 7.57. The van der Waals surface area contributed by atoms with E-state index >= 15 is 0 Å². The third kappa shape index (κ3) is 7.72. The molecule has 1 fully saturated rings. The quantitative estimate of drug-likeness (QED) is 0.169. The van der Waals surface area contributed by atoms with Crippen molar-refractivity contribution in [3.05, 3.63) is 59.7 Å². The first-order valence-electron chi connectivity index (χ1n) is 10.8. The number of phenols is 1. The molecule has 7 nitrogen and oxygen atoms in total. The van der Waals surface area contributed by atoms with Crippen molar-refractivity contribution < 1.29 is 18.7 Å². The lowest BCUT2D eigenvalue weighted by atomic mass is 10.2. The number of hydrogen-bond donors (Lipinski definition) is 4. The van der Waals surface area contributed by atoms with E-state index in [4.69, 9.17) is 0 Å². The van der Waals surface area contributed by atoms with Gasteiger partial charge in [-0.2, -0.15) is 0 Å². The van der Waals surface area contributed by atoms with E-state index < -0.39 is 11.6 Å². The highest BCUT2D eigenvalue weighted by molar-refractivity contribution is 14.0. The summed E-state index contributed by atoms with van der Waals surface area (Å²) in [7, 11) is 0. The van der Waals surface area contributed by atoms with Crippen molar-refractivity contribution in [1.29, 1.82) is 0 Å². The van der Waals surface area contributed by atoms with Crippen LogP contribution in [-0.2, 0) is 0 Å². The van der Waals surface area contributed by atoms with Gasteiger partial charge >= 0.3 is 0 Å². The van der Waals surface area contributed by atoms with Gasteiger partial charge in [-0.05, 0) is 50.1 Å². The van der Waals surface area contributed by atoms with Gasteiger partial charge in [0.15, 0.2) is 5.96 Å². The number of aromatic hydroxyl groups is 1. The summed E-state index contributed by atoms with van der Waals surface area (Å²) in [4.78, 5) is 18.3. The van der Waals surface area contributed by atoms with E-state index in [0.717, 1.165) is 6.42 Å². The maximum atomic E-state index is 14.1. The van der Waals surface area contributed by atoms with E-state index in [-0.39, 0.29) is 47.4 Å². The number of aliphatic imine (C=N–C) groups is 1. The van der Waals surface area contributed by atoms with Crippen molar-refractivity contribution in [1.82, 2.24) is 16.0 Å². The fraction of sp³-hybridized carbons (Fsp3) is 0.391. The number of benzene rings is 2. The van der Waals surface area contributed by atoms with Crippen LogP contribution in [0.15, 0.2) is 47.5 Å². The summed E-state index contributed by atoms with van der Waals surface area (Å²) >= 11 is 0. The minimum atomic E-state index is -0.556. The molecule has 1 aliphatic heterocycles. The first kappa shape index (κ1) is 26.6. The molecule has 10 heteroatoms. The number of nitrogens with one attached hydrogen (secondary N) is 3. The molecule has 0 spiro atoms. The largest absolute Gasteiger partial charge is 0.508 e. The van der Waals surface area contributed by atoms with Crippen LogP contribution in [0.1, 0.15) is 30.1 Å². The molecule has 1 atom stereocenters.